The van der Waals surface area contributed by atoms with Crippen LogP contribution >= 0.6 is 11.6 Å². The van der Waals surface area contributed by atoms with Gasteiger partial charge in [0.2, 0.25) is 0 Å². The van der Waals surface area contributed by atoms with E-state index in [-0.39, 0.29) is 5.92 Å². The zero-order chi connectivity index (χ0) is 21.4. The molecule has 1 atom stereocenters. The first-order chi connectivity index (χ1) is 14.4. The second-order valence-electron chi connectivity index (χ2n) is 8.66. The minimum atomic E-state index is 0.275. The molecule has 0 bridgehead atoms. The van der Waals surface area contributed by atoms with Crippen molar-refractivity contribution in [2.45, 2.75) is 53.0 Å². The fourth-order valence-corrected chi connectivity index (χ4v) is 4.56. The quantitative estimate of drug-likeness (QED) is 0.461. The largest absolute Gasteiger partial charge is 0.492 e. The normalized spacial score (nSPS) is 15.2. The lowest BCUT2D eigenvalue weighted by atomic mass is 9.85. The Balaban J connectivity index is 1.68. The molecule has 3 aromatic rings. The molecule has 30 heavy (non-hydrogen) atoms. The van der Waals surface area contributed by atoms with Crippen molar-refractivity contribution in [3.63, 3.8) is 0 Å². The zero-order valence-corrected chi connectivity index (χ0v) is 19.2. The van der Waals surface area contributed by atoms with Gasteiger partial charge in [-0.15, -0.1) is 0 Å². The van der Waals surface area contributed by atoms with Crippen LogP contribution in [0, 0.1) is 20.8 Å². The molecule has 1 aliphatic rings. The standard InChI is InChI=1S/C27H30ClNO/c1-16(2)21-8-10-22(11-9-21)24-15-30-27-18(4)17(3)26(19(5)25(24)27)29-14-20-6-12-23(28)13-7-20/h6-13,16,24,29H,14-15H2,1-5H3. The summed E-state index contributed by atoms with van der Waals surface area (Å²) < 4.78 is 6.22. The van der Waals surface area contributed by atoms with Gasteiger partial charge in [0, 0.05) is 28.7 Å². The molecule has 0 amide bonds. The zero-order valence-electron chi connectivity index (χ0n) is 18.5. The molecule has 0 aromatic heterocycles. The van der Waals surface area contributed by atoms with E-state index >= 15 is 0 Å². The van der Waals surface area contributed by atoms with E-state index in [1.54, 1.807) is 0 Å². The monoisotopic (exact) mass is 419 g/mol. The van der Waals surface area contributed by atoms with Gasteiger partial charge in [0.05, 0.1) is 6.61 Å². The maximum absolute atomic E-state index is 6.22. The van der Waals surface area contributed by atoms with Crippen molar-refractivity contribution in [3.05, 3.63) is 92.5 Å². The number of nitrogens with one attached hydrogen (secondary N) is 1. The van der Waals surface area contributed by atoms with Crippen LogP contribution in [0.15, 0.2) is 48.5 Å². The Morgan fingerprint density at radius 1 is 0.933 bits per heavy atom. The molecule has 156 valence electrons. The predicted octanol–water partition coefficient (Wildman–Crippen LogP) is 7.53. The molecule has 1 aliphatic heterocycles. The minimum absolute atomic E-state index is 0.275. The Bertz CT molecular complexity index is 1050. The van der Waals surface area contributed by atoms with E-state index < -0.39 is 0 Å². The van der Waals surface area contributed by atoms with Gasteiger partial charge in [-0.25, -0.2) is 0 Å². The topological polar surface area (TPSA) is 21.3 Å². The molecule has 4 rings (SSSR count). The summed E-state index contributed by atoms with van der Waals surface area (Å²) >= 11 is 6.03. The highest BCUT2D eigenvalue weighted by Crippen LogP contribution is 2.47. The SMILES string of the molecule is Cc1c(C)c2c(c(C)c1NCc1ccc(Cl)cc1)C(c1ccc(C(C)C)cc1)CO2. The van der Waals surface area contributed by atoms with E-state index in [0.29, 0.717) is 12.5 Å². The molecule has 0 spiro atoms. The third-order valence-corrected chi connectivity index (χ3v) is 6.68. The molecule has 0 aliphatic carbocycles. The van der Waals surface area contributed by atoms with E-state index in [0.717, 1.165) is 17.3 Å². The number of anilines is 1. The van der Waals surface area contributed by atoms with Crippen molar-refractivity contribution >= 4 is 17.3 Å². The Labute approximate surface area is 185 Å². The van der Waals surface area contributed by atoms with Crippen molar-refractivity contribution in [3.8, 4) is 5.75 Å². The first kappa shape index (κ1) is 20.8. The summed E-state index contributed by atoms with van der Waals surface area (Å²) in [6.07, 6.45) is 0. The van der Waals surface area contributed by atoms with Gasteiger partial charge in [-0.2, -0.15) is 0 Å². The summed E-state index contributed by atoms with van der Waals surface area (Å²) in [6.45, 7) is 12.5. The molecule has 0 saturated carbocycles. The smallest absolute Gasteiger partial charge is 0.126 e. The van der Waals surface area contributed by atoms with Crippen LogP contribution < -0.4 is 10.1 Å². The molecule has 1 N–H and O–H groups in total. The summed E-state index contributed by atoms with van der Waals surface area (Å²) in [4.78, 5) is 0. The molecule has 3 aromatic carbocycles. The lowest BCUT2D eigenvalue weighted by Crippen LogP contribution is -2.08. The van der Waals surface area contributed by atoms with E-state index in [2.05, 4.69) is 76.3 Å². The molecule has 1 heterocycles. The second kappa shape index (κ2) is 8.35. The van der Waals surface area contributed by atoms with Crippen LogP contribution in [0.1, 0.15) is 64.6 Å². The molecule has 2 nitrogen and oxygen atoms in total. The van der Waals surface area contributed by atoms with E-state index in [9.17, 15) is 0 Å². The molecular weight excluding hydrogens is 390 g/mol. The van der Waals surface area contributed by atoms with Gasteiger partial charge in [-0.3, -0.25) is 0 Å². The van der Waals surface area contributed by atoms with Crippen molar-refractivity contribution in [2.75, 3.05) is 11.9 Å². The maximum Gasteiger partial charge on any atom is 0.126 e. The van der Waals surface area contributed by atoms with Gasteiger partial charge in [0.15, 0.2) is 0 Å². The first-order valence-electron chi connectivity index (χ1n) is 10.7. The fourth-order valence-electron chi connectivity index (χ4n) is 4.44. The Morgan fingerprint density at radius 2 is 1.60 bits per heavy atom. The Hall–Kier alpha value is -2.45. The first-order valence-corrected chi connectivity index (χ1v) is 11.1. The van der Waals surface area contributed by atoms with Crippen LogP contribution in [-0.2, 0) is 6.54 Å². The van der Waals surface area contributed by atoms with Crippen molar-refractivity contribution in [1.29, 1.82) is 0 Å². The molecule has 1 unspecified atom stereocenters. The molecule has 0 radical (unpaired) electrons. The van der Waals surface area contributed by atoms with Crippen LogP contribution in [-0.4, -0.2) is 6.61 Å². The highest BCUT2D eigenvalue weighted by molar-refractivity contribution is 6.30. The number of rotatable bonds is 5. The number of benzene rings is 3. The summed E-state index contributed by atoms with van der Waals surface area (Å²) in [5.74, 6) is 1.89. The van der Waals surface area contributed by atoms with Gasteiger partial charge >= 0.3 is 0 Å². The number of hydrogen-bond donors (Lipinski definition) is 1. The van der Waals surface area contributed by atoms with Gasteiger partial charge < -0.3 is 10.1 Å². The van der Waals surface area contributed by atoms with Gasteiger partial charge in [-0.1, -0.05) is 61.8 Å². The summed E-state index contributed by atoms with van der Waals surface area (Å²) in [6, 6.07) is 17.1. The van der Waals surface area contributed by atoms with Crippen molar-refractivity contribution in [1.82, 2.24) is 0 Å². The maximum atomic E-state index is 6.22. The molecular formula is C27H30ClNO. The number of fused-ring (bicyclic) bond motifs is 1. The van der Waals surface area contributed by atoms with Crippen LogP contribution in [0.4, 0.5) is 5.69 Å². The predicted molar refractivity (Wildman–Crippen MR) is 127 cm³/mol. The molecule has 0 saturated heterocycles. The van der Waals surface area contributed by atoms with Crippen molar-refractivity contribution < 1.29 is 4.74 Å². The average Bonchev–Trinajstić information content (AvgIpc) is 3.19. The number of ether oxygens (including phenoxy) is 1. The van der Waals surface area contributed by atoms with Crippen molar-refractivity contribution in [2.24, 2.45) is 0 Å². The van der Waals surface area contributed by atoms with E-state index in [4.69, 9.17) is 16.3 Å². The van der Waals surface area contributed by atoms with Crippen LogP contribution in [0.2, 0.25) is 5.02 Å². The third kappa shape index (κ3) is 3.81. The van der Waals surface area contributed by atoms with Crippen LogP contribution in [0.5, 0.6) is 5.75 Å². The fraction of sp³-hybridized carbons (Fsp3) is 0.333. The third-order valence-electron chi connectivity index (χ3n) is 6.43. The average molecular weight is 420 g/mol. The summed E-state index contributed by atoms with van der Waals surface area (Å²) in [5, 5.41) is 4.45. The second-order valence-corrected chi connectivity index (χ2v) is 9.09. The van der Waals surface area contributed by atoms with Gasteiger partial charge in [-0.05, 0) is 72.2 Å². The summed E-state index contributed by atoms with van der Waals surface area (Å²) in [7, 11) is 0. The number of hydrogen-bond acceptors (Lipinski definition) is 2. The Morgan fingerprint density at radius 3 is 2.23 bits per heavy atom. The van der Waals surface area contributed by atoms with E-state index in [1.807, 2.05) is 12.1 Å². The Kier molecular flexibility index (Phi) is 5.79. The highest BCUT2D eigenvalue weighted by atomic mass is 35.5. The minimum Gasteiger partial charge on any atom is -0.492 e. The molecule has 3 heteroatoms. The number of halogens is 1. The van der Waals surface area contributed by atoms with Gasteiger partial charge in [0.25, 0.3) is 0 Å². The van der Waals surface area contributed by atoms with E-state index in [1.165, 1.54) is 44.6 Å². The van der Waals surface area contributed by atoms with Gasteiger partial charge in [0.1, 0.15) is 5.75 Å². The molecule has 0 fully saturated rings. The lowest BCUT2D eigenvalue weighted by molar-refractivity contribution is 0.341. The van der Waals surface area contributed by atoms with Crippen LogP contribution in [0.25, 0.3) is 0 Å². The van der Waals surface area contributed by atoms with Crippen LogP contribution in [0.3, 0.4) is 0 Å². The lowest BCUT2D eigenvalue weighted by Gasteiger charge is -2.21. The highest BCUT2D eigenvalue weighted by Gasteiger charge is 2.31. The summed E-state index contributed by atoms with van der Waals surface area (Å²) in [5.41, 5.74) is 10.2.